The molecule has 7 nitrogen and oxygen atoms in total. The summed E-state index contributed by atoms with van der Waals surface area (Å²) in [6.45, 7) is 1.69. The summed E-state index contributed by atoms with van der Waals surface area (Å²) >= 11 is 5.86. The number of anilines is 2. The Morgan fingerprint density at radius 1 is 1.12 bits per heavy atom. The molecule has 0 aliphatic heterocycles. The number of carbonyl (C=O) groups is 1. The number of rotatable bonds is 5. The average Bonchev–Trinajstić information content (AvgIpc) is 2.99. The molecule has 0 atom stereocenters. The topological polar surface area (TPSA) is 101 Å². The first kappa shape index (κ1) is 18.0. The molecular formula is C17H14ClN3O4S. The number of nitrogens with zero attached hydrogens (tertiary/aromatic N) is 1. The predicted octanol–water partition coefficient (Wildman–Crippen LogP) is 3.69. The molecule has 3 rings (SSSR count). The fourth-order valence-electron chi connectivity index (χ4n) is 2.18. The number of hydrogen-bond acceptors (Lipinski definition) is 5. The maximum Gasteiger partial charge on any atom is 0.261 e. The molecule has 134 valence electrons. The van der Waals surface area contributed by atoms with Crippen molar-refractivity contribution < 1.29 is 17.7 Å². The fourth-order valence-corrected chi connectivity index (χ4v) is 3.47. The quantitative estimate of drug-likeness (QED) is 0.690. The largest absolute Gasteiger partial charge is 0.360 e. The maximum atomic E-state index is 12.5. The average molecular weight is 392 g/mol. The molecule has 9 heteroatoms. The van der Waals surface area contributed by atoms with E-state index in [1.807, 2.05) is 0 Å². The van der Waals surface area contributed by atoms with Crippen LogP contribution in [0.2, 0.25) is 5.02 Å². The third-order valence-corrected chi connectivity index (χ3v) is 4.97. The zero-order valence-electron chi connectivity index (χ0n) is 13.6. The van der Waals surface area contributed by atoms with Crippen LogP contribution in [0.4, 0.5) is 11.5 Å². The number of halogens is 1. The van der Waals surface area contributed by atoms with Crippen molar-refractivity contribution in [3.63, 3.8) is 0 Å². The molecule has 26 heavy (non-hydrogen) atoms. The van der Waals surface area contributed by atoms with E-state index in [0.29, 0.717) is 16.5 Å². The normalized spacial score (nSPS) is 11.2. The van der Waals surface area contributed by atoms with E-state index in [-0.39, 0.29) is 16.3 Å². The van der Waals surface area contributed by atoms with E-state index >= 15 is 0 Å². The van der Waals surface area contributed by atoms with Crippen LogP contribution in [0.5, 0.6) is 0 Å². The molecule has 0 saturated heterocycles. The zero-order chi connectivity index (χ0) is 18.7. The number of sulfonamides is 1. The molecule has 1 aromatic heterocycles. The fraction of sp³-hybridized carbons (Fsp3) is 0.0588. The van der Waals surface area contributed by atoms with Gasteiger partial charge in [0.15, 0.2) is 5.82 Å². The second kappa shape index (κ2) is 7.19. The molecule has 2 aromatic carbocycles. The minimum absolute atomic E-state index is 0.0542. The van der Waals surface area contributed by atoms with Crippen LogP contribution in [0.1, 0.15) is 16.1 Å². The predicted molar refractivity (Wildman–Crippen MR) is 97.9 cm³/mol. The molecule has 1 amide bonds. The van der Waals surface area contributed by atoms with Gasteiger partial charge >= 0.3 is 0 Å². The Bertz CT molecular complexity index is 1060. The Balaban J connectivity index is 1.82. The van der Waals surface area contributed by atoms with E-state index in [9.17, 15) is 13.2 Å². The van der Waals surface area contributed by atoms with Gasteiger partial charge in [-0.1, -0.05) is 28.9 Å². The van der Waals surface area contributed by atoms with Crippen molar-refractivity contribution in [2.45, 2.75) is 11.8 Å². The highest BCUT2D eigenvalue weighted by Crippen LogP contribution is 2.20. The second-order valence-corrected chi connectivity index (χ2v) is 7.54. The van der Waals surface area contributed by atoms with E-state index in [2.05, 4.69) is 15.2 Å². The molecule has 0 aliphatic rings. The number of aryl methyl sites for hydroxylation is 1. The Morgan fingerprint density at radius 3 is 2.58 bits per heavy atom. The number of carbonyl (C=O) groups excluding carboxylic acids is 1. The number of nitrogens with one attached hydrogen (secondary N) is 2. The third kappa shape index (κ3) is 4.22. The Hall–Kier alpha value is -2.84. The van der Waals surface area contributed by atoms with Crippen LogP contribution in [-0.4, -0.2) is 19.5 Å². The van der Waals surface area contributed by atoms with Gasteiger partial charge in [0.05, 0.1) is 10.6 Å². The van der Waals surface area contributed by atoms with E-state index < -0.39 is 15.9 Å². The standard InChI is InChI=1S/C17H14ClN3O4S/c1-11-8-16(20-25-11)19-17(22)12-4-2-7-15(9-12)26(23,24)21-14-6-3-5-13(18)10-14/h2-10,21H,1H3,(H,19,20,22). The van der Waals surface area contributed by atoms with Gasteiger partial charge in [0, 0.05) is 16.7 Å². The van der Waals surface area contributed by atoms with Gasteiger partial charge in [-0.25, -0.2) is 8.42 Å². The minimum atomic E-state index is -3.88. The molecule has 0 unspecified atom stereocenters. The summed E-state index contributed by atoms with van der Waals surface area (Å²) in [5.41, 5.74) is 0.491. The molecule has 2 N–H and O–H groups in total. The molecule has 0 bridgehead atoms. The van der Waals surface area contributed by atoms with Crippen molar-refractivity contribution >= 4 is 39.0 Å². The summed E-state index contributed by atoms with van der Waals surface area (Å²) in [5.74, 6) is 0.290. The Kier molecular flexibility index (Phi) is 4.97. The van der Waals surface area contributed by atoms with Crippen LogP contribution in [0, 0.1) is 6.92 Å². The van der Waals surface area contributed by atoms with Crippen molar-refractivity contribution in [1.82, 2.24) is 5.16 Å². The molecule has 0 aliphatic carbocycles. The molecule has 1 heterocycles. The monoisotopic (exact) mass is 391 g/mol. The first-order chi connectivity index (χ1) is 12.3. The lowest BCUT2D eigenvalue weighted by Gasteiger charge is -2.09. The van der Waals surface area contributed by atoms with Gasteiger partial charge in [0.1, 0.15) is 5.76 Å². The lowest BCUT2D eigenvalue weighted by atomic mass is 10.2. The Morgan fingerprint density at radius 2 is 1.88 bits per heavy atom. The van der Waals surface area contributed by atoms with Crippen LogP contribution in [0.15, 0.2) is 64.0 Å². The van der Waals surface area contributed by atoms with Crippen molar-refractivity contribution in [2.75, 3.05) is 10.0 Å². The van der Waals surface area contributed by atoms with Crippen LogP contribution in [-0.2, 0) is 10.0 Å². The first-order valence-corrected chi connectivity index (χ1v) is 9.33. The molecule has 0 spiro atoms. The maximum absolute atomic E-state index is 12.5. The number of aromatic nitrogens is 1. The Labute approximate surface area is 155 Å². The van der Waals surface area contributed by atoms with Crippen molar-refractivity contribution in [2.24, 2.45) is 0 Å². The van der Waals surface area contributed by atoms with Gasteiger partial charge in [-0.3, -0.25) is 9.52 Å². The lowest BCUT2D eigenvalue weighted by Crippen LogP contribution is -2.16. The molecular weight excluding hydrogens is 378 g/mol. The van der Waals surface area contributed by atoms with Gasteiger partial charge < -0.3 is 9.84 Å². The van der Waals surface area contributed by atoms with Gasteiger partial charge in [0.2, 0.25) is 0 Å². The first-order valence-electron chi connectivity index (χ1n) is 7.47. The van der Waals surface area contributed by atoms with Crippen LogP contribution >= 0.6 is 11.6 Å². The van der Waals surface area contributed by atoms with E-state index in [0.717, 1.165) is 0 Å². The van der Waals surface area contributed by atoms with Gasteiger partial charge in [0.25, 0.3) is 15.9 Å². The highest BCUT2D eigenvalue weighted by molar-refractivity contribution is 7.92. The summed E-state index contributed by atoms with van der Waals surface area (Å²) in [5, 5.41) is 6.61. The minimum Gasteiger partial charge on any atom is -0.360 e. The summed E-state index contributed by atoms with van der Waals surface area (Å²) in [6.07, 6.45) is 0. The second-order valence-electron chi connectivity index (χ2n) is 5.42. The number of hydrogen-bond donors (Lipinski definition) is 2. The van der Waals surface area contributed by atoms with Gasteiger partial charge in [-0.2, -0.15) is 0 Å². The molecule has 0 saturated carbocycles. The lowest BCUT2D eigenvalue weighted by molar-refractivity contribution is 0.102. The van der Waals surface area contributed by atoms with Gasteiger partial charge in [-0.05, 0) is 43.3 Å². The van der Waals surface area contributed by atoms with E-state index in [1.165, 1.54) is 30.3 Å². The number of amides is 1. The third-order valence-electron chi connectivity index (χ3n) is 3.35. The summed E-state index contributed by atoms with van der Waals surface area (Å²) in [4.78, 5) is 12.2. The molecule has 0 radical (unpaired) electrons. The summed E-state index contributed by atoms with van der Waals surface area (Å²) < 4.78 is 32.4. The van der Waals surface area contributed by atoms with Gasteiger partial charge in [-0.15, -0.1) is 0 Å². The summed E-state index contributed by atoms with van der Waals surface area (Å²) in [6, 6.07) is 13.5. The van der Waals surface area contributed by atoms with Crippen molar-refractivity contribution in [3.05, 3.63) is 70.9 Å². The molecule has 0 fully saturated rings. The SMILES string of the molecule is Cc1cc(NC(=O)c2cccc(S(=O)(=O)Nc3cccc(Cl)c3)c2)no1. The zero-order valence-corrected chi connectivity index (χ0v) is 15.1. The highest BCUT2D eigenvalue weighted by Gasteiger charge is 2.17. The smallest absolute Gasteiger partial charge is 0.261 e. The van der Waals surface area contributed by atoms with E-state index in [1.54, 1.807) is 31.2 Å². The summed E-state index contributed by atoms with van der Waals surface area (Å²) in [7, 11) is -3.88. The number of benzene rings is 2. The van der Waals surface area contributed by atoms with Crippen LogP contribution < -0.4 is 10.0 Å². The van der Waals surface area contributed by atoms with Crippen LogP contribution in [0.3, 0.4) is 0 Å². The highest BCUT2D eigenvalue weighted by atomic mass is 35.5. The molecule has 3 aromatic rings. The van der Waals surface area contributed by atoms with Crippen molar-refractivity contribution in [1.29, 1.82) is 0 Å². The van der Waals surface area contributed by atoms with Crippen molar-refractivity contribution in [3.8, 4) is 0 Å². The van der Waals surface area contributed by atoms with Crippen LogP contribution in [0.25, 0.3) is 0 Å². The van der Waals surface area contributed by atoms with E-state index in [4.69, 9.17) is 16.1 Å².